The van der Waals surface area contributed by atoms with E-state index in [1.54, 1.807) is 0 Å². The van der Waals surface area contributed by atoms with Crippen molar-refractivity contribution < 1.29 is 17.5 Å². The summed E-state index contributed by atoms with van der Waals surface area (Å²) in [5.41, 5.74) is 13.3. The molecule has 0 radical (unpaired) electrons. The van der Waals surface area contributed by atoms with E-state index in [0.29, 0.717) is 12.8 Å². The van der Waals surface area contributed by atoms with Crippen LogP contribution in [-0.4, -0.2) is 35.6 Å². The summed E-state index contributed by atoms with van der Waals surface area (Å²) in [6, 6.07) is 25.7. The van der Waals surface area contributed by atoms with Crippen LogP contribution < -0.4 is 5.73 Å². The molecule has 6 heteroatoms. The third-order valence-corrected chi connectivity index (χ3v) is 11.3. The van der Waals surface area contributed by atoms with E-state index < -0.39 is 10.1 Å². The summed E-state index contributed by atoms with van der Waals surface area (Å²) in [5.74, 6) is -0.223. The molecule has 4 aromatic rings. The van der Waals surface area contributed by atoms with Crippen LogP contribution in [0.15, 0.2) is 109 Å². The van der Waals surface area contributed by atoms with E-state index in [-0.39, 0.29) is 16.6 Å². The first-order chi connectivity index (χ1) is 23.9. The molecule has 4 aromatic carbocycles. The molecular weight excluding hydrogens is 637 g/mol. The van der Waals surface area contributed by atoms with E-state index in [9.17, 15) is 13.0 Å². The van der Waals surface area contributed by atoms with Crippen molar-refractivity contribution in [1.29, 1.82) is 0 Å². The molecule has 5 nitrogen and oxygen atoms in total. The second kappa shape index (κ2) is 15.9. The Morgan fingerprint density at radius 3 is 2.26 bits per heavy atom. The van der Waals surface area contributed by atoms with Crippen molar-refractivity contribution >= 4 is 48.7 Å². The van der Waals surface area contributed by atoms with Gasteiger partial charge in [0.1, 0.15) is 6.54 Å². The molecule has 0 fully saturated rings. The smallest absolute Gasteiger partial charge is 0.264 e. The lowest BCUT2D eigenvalue weighted by molar-refractivity contribution is -0.438. The van der Waals surface area contributed by atoms with Gasteiger partial charge in [-0.15, -0.1) is 0 Å². The van der Waals surface area contributed by atoms with Gasteiger partial charge in [-0.2, -0.15) is 13.0 Å². The van der Waals surface area contributed by atoms with Crippen LogP contribution in [0.25, 0.3) is 21.5 Å². The maximum absolute atomic E-state index is 11.4. The highest BCUT2D eigenvalue weighted by molar-refractivity contribution is 7.85. The largest absolute Gasteiger partial charge is 0.398 e. The van der Waals surface area contributed by atoms with E-state index in [0.717, 1.165) is 54.3 Å². The zero-order chi connectivity index (χ0) is 35.9. The number of hydrogen-bond donors (Lipinski definition) is 2. The van der Waals surface area contributed by atoms with Crippen molar-refractivity contribution in [3.63, 3.8) is 0 Å². The van der Waals surface area contributed by atoms with Crippen LogP contribution in [0, 0.1) is 0 Å². The Morgan fingerprint density at radius 1 is 0.860 bits per heavy atom. The number of anilines is 1. The monoisotopic (exact) mass is 691 g/mol. The average Bonchev–Trinajstić information content (AvgIpc) is 3.29. The fraction of sp³-hybridized carbons (Fsp3) is 0.386. The third kappa shape index (κ3) is 8.30. The number of allylic oxidation sites excluding steroid dienone is 6. The Kier molecular flexibility index (Phi) is 11.9. The van der Waals surface area contributed by atoms with Crippen molar-refractivity contribution in [1.82, 2.24) is 0 Å². The number of rotatable bonds is 16. The molecule has 50 heavy (non-hydrogen) atoms. The maximum Gasteiger partial charge on any atom is 0.264 e. The summed E-state index contributed by atoms with van der Waals surface area (Å²) in [5, 5.41) is 4.91. The van der Waals surface area contributed by atoms with E-state index in [1.165, 1.54) is 46.1 Å². The van der Waals surface area contributed by atoms with Crippen LogP contribution in [0.4, 0.5) is 11.4 Å². The van der Waals surface area contributed by atoms with Gasteiger partial charge in [-0.05, 0) is 91.6 Å². The second-order valence-corrected chi connectivity index (χ2v) is 16.3. The van der Waals surface area contributed by atoms with Crippen molar-refractivity contribution in [2.45, 2.75) is 96.8 Å². The molecule has 3 N–H and O–H groups in total. The summed E-state index contributed by atoms with van der Waals surface area (Å²) < 4.78 is 34.6. The molecule has 0 amide bonds. The van der Waals surface area contributed by atoms with E-state index in [1.807, 2.05) is 18.2 Å². The summed E-state index contributed by atoms with van der Waals surface area (Å²) >= 11 is 0. The highest BCUT2D eigenvalue weighted by Gasteiger charge is 2.45. The van der Waals surface area contributed by atoms with Crippen molar-refractivity contribution in [2.75, 3.05) is 18.0 Å². The van der Waals surface area contributed by atoms with Crippen molar-refractivity contribution in [2.24, 2.45) is 0 Å². The molecule has 0 spiro atoms. The molecule has 5 rings (SSSR count). The lowest BCUT2D eigenvalue weighted by Crippen LogP contribution is -2.28. The Morgan fingerprint density at radius 2 is 1.54 bits per heavy atom. The normalized spacial score (nSPS) is 15.3. The van der Waals surface area contributed by atoms with Gasteiger partial charge in [0.2, 0.25) is 5.69 Å². The van der Waals surface area contributed by atoms with Crippen LogP contribution in [-0.2, 0) is 20.9 Å². The van der Waals surface area contributed by atoms with E-state index in [4.69, 9.17) is 5.73 Å². The Labute approximate surface area is 300 Å². The second-order valence-electron chi connectivity index (χ2n) is 14.8. The number of nitrogens with zero attached hydrogens (tertiary/aromatic N) is 1. The quantitative estimate of drug-likeness (QED) is 0.0306. The Balaban J connectivity index is 1.36. The van der Waals surface area contributed by atoms with Crippen LogP contribution in [0.1, 0.15) is 97.1 Å². The molecule has 1 aliphatic rings. The molecule has 0 aromatic heterocycles. The Bertz CT molecular complexity index is 2070. The lowest BCUT2D eigenvalue weighted by Gasteiger charge is -2.32. The van der Waals surface area contributed by atoms with Crippen LogP contribution in [0.5, 0.6) is 0 Å². The average molecular weight is 692 g/mol. The summed E-state index contributed by atoms with van der Waals surface area (Å²) in [6.07, 6.45) is 18.3. The topological polar surface area (TPSA) is 83.4 Å². The minimum atomic E-state index is -3.98. The summed E-state index contributed by atoms with van der Waals surface area (Å²) in [6.45, 7) is 12.4. The predicted octanol–water partition coefficient (Wildman–Crippen LogP) is 11.0. The summed E-state index contributed by atoms with van der Waals surface area (Å²) in [4.78, 5) is 0. The number of nitrogen functional groups attached to an aromatic ring is 1. The zero-order valence-corrected chi connectivity index (χ0v) is 31.4. The number of benzene rings is 4. The number of nitrogens with two attached hydrogens (primary N) is 1. The number of hydrogen-bond acceptors (Lipinski definition) is 3. The summed E-state index contributed by atoms with van der Waals surface area (Å²) in [7, 11) is -3.98. The molecule has 1 heterocycles. The molecule has 1 aliphatic heterocycles. The molecule has 0 saturated heterocycles. The minimum Gasteiger partial charge on any atom is -0.398 e. The van der Waals surface area contributed by atoms with Crippen molar-refractivity contribution in [3.8, 4) is 0 Å². The highest BCUT2D eigenvalue weighted by Crippen LogP contribution is 2.45. The van der Waals surface area contributed by atoms with E-state index in [2.05, 4.69) is 124 Å². The van der Waals surface area contributed by atoms with Gasteiger partial charge in [0.25, 0.3) is 10.1 Å². The fourth-order valence-corrected chi connectivity index (χ4v) is 8.46. The molecule has 0 saturated carbocycles. The van der Waals surface area contributed by atoms with Gasteiger partial charge >= 0.3 is 0 Å². The molecule has 0 aliphatic carbocycles. The molecule has 0 atom stereocenters. The SMILES string of the molecule is CCCCC[N+]1=C(/C=C/C=C/CC/C=C(/CCCCS(=O)(=O)O)C(C)(C)c2c(N)ccc3ccccc23)C(C)(C)c2c1ccc1ccccc21. The molecular formula is C44H55N2O3S+. The predicted molar refractivity (Wildman–Crippen MR) is 214 cm³/mol. The minimum absolute atomic E-state index is 0.116. The lowest BCUT2D eigenvalue weighted by atomic mass is 9.73. The van der Waals surface area contributed by atoms with E-state index >= 15 is 0 Å². The van der Waals surface area contributed by atoms with Gasteiger partial charge in [-0.25, -0.2) is 0 Å². The first-order valence-corrected chi connectivity index (χ1v) is 19.9. The first-order valence-electron chi connectivity index (χ1n) is 18.3. The van der Waals surface area contributed by atoms with Crippen molar-refractivity contribution in [3.05, 3.63) is 120 Å². The maximum atomic E-state index is 11.4. The van der Waals surface area contributed by atoms with Gasteiger partial charge in [0.05, 0.1) is 11.2 Å². The van der Waals surface area contributed by atoms with Crippen LogP contribution >= 0.6 is 0 Å². The van der Waals surface area contributed by atoms with Gasteiger partial charge in [0.15, 0.2) is 5.71 Å². The Hall–Kier alpha value is -4.00. The molecule has 0 bridgehead atoms. The van der Waals surface area contributed by atoms with Gasteiger partial charge < -0.3 is 5.73 Å². The third-order valence-electron chi connectivity index (χ3n) is 10.5. The van der Waals surface area contributed by atoms with Gasteiger partial charge in [0, 0.05) is 35.2 Å². The van der Waals surface area contributed by atoms with Gasteiger partial charge in [-0.3, -0.25) is 4.55 Å². The fourth-order valence-electron chi connectivity index (χ4n) is 7.89. The number of unbranched alkanes of at least 4 members (excludes halogenated alkanes) is 4. The zero-order valence-electron chi connectivity index (χ0n) is 30.6. The molecule has 264 valence electrons. The standard InChI is InChI=1S/C44H54N2O3S/c1-6-7-18-31-46-39-30-28-34-21-14-16-25-37(34)42(39)44(4,5)40(46)26-12-10-8-9-11-22-35(23-17-19-32-50(47,48)49)43(2,3)41-36-24-15-13-20-33(36)27-29-38(41)45/h8,10,12-16,20-22,24-30H,6-7,9,11,17-19,23,31-32,45H2,1-5H3/p+1/b10-8+,26-12+,35-22-. The highest BCUT2D eigenvalue weighted by atomic mass is 32.2. The number of fused-ring (bicyclic) bond motifs is 4. The van der Waals surface area contributed by atoms with Crippen LogP contribution in [0.3, 0.4) is 0 Å². The first kappa shape index (κ1) is 37.3. The van der Waals surface area contributed by atoms with Gasteiger partial charge in [-0.1, -0.05) is 112 Å². The van der Waals surface area contributed by atoms with Crippen LogP contribution in [0.2, 0.25) is 0 Å². The molecule has 0 unspecified atom stereocenters.